The second-order valence-corrected chi connectivity index (χ2v) is 22.7. The van der Waals surface area contributed by atoms with Crippen molar-refractivity contribution in [3.8, 4) is 11.5 Å². The zero-order chi connectivity index (χ0) is 67.3. The number of ether oxygens (including phenoxy) is 1. The summed E-state index contributed by atoms with van der Waals surface area (Å²) in [6.45, 7) is 17.6. The van der Waals surface area contributed by atoms with Crippen molar-refractivity contribution < 1.29 is 89.0 Å². The molecular formula is C59H90B2N8O20. The maximum absolute atomic E-state index is 12.8. The molecule has 0 aromatic heterocycles. The molecule has 4 amide bonds. The lowest BCUT2D eigenvalue weighted by Crippen LogP contribution is -2.50. The van der Waals surface area contributed by atoms with Gasteiger partial charge in [-0.05, 0) is 98.7 Å². The number of phenols is 1. The van der Waals surface area contributed by atoms with Crippen LogP contribution in [0.15, 0.2) is 97.1 Å². The van der Waals surface area contributed by atoms with E-state index in [1.54, 1.807) is 79.7 Å². The standard InChI is InChI=1S/C23H38BN3O7.C20H31N3O6.C9H12BNO4.C6H5NO3.CH4/c1-6-23(5,21(32)25-12-15(2)28)13-22(3,4)20(31)27-14-26-18(19(29)30)11-16-7-9-17(10-8-16)24(33)34;1-6-20(5,18(26)21-11-14(2)24)12-19(3,4)17(25)22-13-29-16-9-7-15(8-10-16)23(27)28;11-8(9(12)13)5-6-1-3-7(4-2-6)10(14)15;8-6-3-1-5(2-4-6)7(9)10;/h7-10,15,18,26,28,33-34H,6,11-14H2,1-5H3,(H,25,32)(H,27,31)(H,29,30);7-10,14,24H,6,11-13H2,1-5H3,(H,21,26)(H,22,25);1-4,8,14-15H,5,11H2,(H,12,13);1-4,8H;1H4. The minimum Gasteiger partial charge on any atom is -0.508 e. The molecule has 0 spiro atoms. The zero-order valence-electron chi connectivity index (χ0n) is 51.3. The van der Waals surface area contributed by atoms with Gasteiger partial charge >= 0.3 is 26.2 Å². The second kappa shape index (κ2) is 38.3. The fourth-order valence-corrected chi connectivity index (χ4v) is 8.38. The summed E-state index contributed by atoms with van der Waals surface area (Å²) in [5, 5.41) is 116. The number of nitrogens with zero attached hydrogens (tertiary/aromatic N) is 2. The molecule has 6 unspecified atom stereocenters. The topological polar surface area (TPSA) is 466 Å². The van der Waals surface area contributed by atoms with Crippen LogP contribution >= 0.6 is 0 Å². The Morgan fingerprint density at radius 1 is 0.573 bits per heavy atom. The van der Waals surface area contributed by atoms with Crippen LogP contribution in [-0.4, -0.2) is 156 Å². The van der Waals surface area contributed by atoms with Gasteiger partial charge in [-0.3, -0.25) is 54.3 Å². The van der Waals surface area contributed by atoms with E-state index in [-0.39, 0.29) is 93.9 Å². The molecule has 28 nitrogen and oxygen atoms in total. The molecule has 6 atom stereocenters. The number of aromatic hydroxyl groups is 1. The highest BCUT2D eigenvalue weighted by Crippen LogP contribution is 2.38. The Hall–Kier alpha value is -8.09. The highest BCUT2D eigenvalue weighted by atomic mass is 16.6. The SMILES string of the molecule is C.CCC(C)(CC(C)(C)C(=O)NCNC(Cc1ccc(B(O)O)cc1)C(=O)O)C(=O)NCC(C)O.CCC(C)(CC(C)(C)C(=O)NCOc1ccc([N+](=O)[O-])cc1)C(=O)NCC(C)O.NC(Cc1ccc(B(O)O)cc1)C(=O)O.O=[N+]([O-])c1ccc(O)cc1. The average Bonchev–Trinajstić information content (AvgIpc) is 3.61. The second-order valence-electron chi connectivity index (χ2n) is 22.7. The van der Waals surface area contributed by atoms with Crippen molar-refractivity contribution in [2.75, 3.05) is 26.5 Å². The number of phenolic OH excluding ortho intramolecular Hbond substituents is 1. The van der Waals surface area contributed by atoms with Crippen molar-refractivity contribution in [1.82, 2.24) is 26.6 Å². The van der Waals surface area contributed by atoms with Crippen LogP contribution in [-0.2, 0) is 41.6 Å². The first-order valence-electron chi connectivity index (χ1n) is 28.0. The van der Waals surface area contributed by atoms with Crippen LogP contribution < -0.4 is 48.0 Å². The summed E-state index contributed by atoms with van der Waals surface area (Å²) >= 11 is 0. The molecule has 0 saturated heterocycles. The van der Waals surface area contributed by atoms with Gasteiger partial charge in [-0.25, -0.2) is 0 Å². The van der Waals surface area contributed by atoms with Gasteiger partial charge in [0.15, 0.2) is 6.73 Å². The van der Waals surface area contributed by atoms with Gasteiger partial charge in [0.05, 0.1) is 28.7 Å². The number of nitro groups is 2. The lowest BCUT2D eigenvalue weighted by molar-refractivity contribution is -0.385. The van der Waals surface area contributed by atoms with Gasteiger partial charge in [0.25, 0.3) is 11.4 Å². The van der Waals surface area contributed by atoms with Crippen LogP contribution in [0.4, 0.5) is 11.4 Å². The number of aliphatic hydroxyl groups excluding tert-OH is 2. The van der Waals surface area contributed by atoms with Gasteiger partial charge in [-0.15, -0.1) is 0 Å². The maximum atomic E-state index is 12.8. The number of carbonyl (C=O) groups is 6. The summed E-state index contributed by atoms with van der Waals surface area (Å²) in [4.78, 5) is 92.5. The predicted octanol–water partition coefficient (Wildman–Crippen LogP) is 1.99. The molecule has 0 aliphatic rings. The van der Waals surface area contributed by atoms with E-state index in [2.05, 4.69) is 26.6 Å². The Labute approximate surface area is 519 Å². The van der Waals surface area contributed by atoms with Crippen LogP contribution in [0.25, 0.3) is 0 Å². The van der Waals surface area contributed by atoms with Crippen molar-refractivity contribution in [2.45, 2.75) is 139 Å². The molecule has 0 radical (unpaired) electrons. The molecule has 0 bridgehead atoms. The van der Waals surface area contributed by atoms with Crippen molar-refractivity contribution in [3.63, 3.8) is 0 Å². The minimum absolute atomic E-state index is 0. The first-order valence-corrected chi connectivity index (χ1v) is 28.0. The lowest BCUT2D eigenvalue weighted by Gasteiger charge is -2.35. The van der Waals surface area contributed by atoms with E-state index in [4.69, 9.17) is 40.8 Å². The highest BCUT2D eigenvalue weighted by Gasteiger charge is 2.42. The van der Waals surface area contributed by atoms with E-state index in [9.17, 15) is 64.3 Å². The summed E-state index contributed by atoms with van der Waals surface area (Å²) in [5.74, 6) is -2.76. The largest absolute Gasteiger partial charge is 0.508 e. The predicted molar refractivity (Wildman–Crippen MR) is 334 cm³/mol. The first kappa shape index (κ1) is 80.9. The molecule has 4 aromatic carbocycles. The lowest BCUT2D eigenvalue weighted by atomic mass is 9.71. The van der Waals surface area contributed by atoms with E-state index < -0.39 is 82.0 Å². The van der Waals surface area contributed by atoms with Crippen molar-refractivity contribution >= 4 is 72.1 Å². The van der Waals surface area contributed by atoms with Gasteiger partial charge in [-0.2, -0.15) is 0 Å². The third-order valence-corrected chi connectivity index (χ3v) is 13.9. The van der Waals surface area contributed by atoms with Gasteiger partial charge < -0.3 is 77.4 Å². The number of carboxylic acids is 2. The molecule has 0 aliphatic heterocycles. The molecule has 0 saturated carbocycles. The number of aliphatic hydroxyl groups is 2. The van der Waals surface area contributed by atoms with Crippen LogP contribution in [0.1, 0.15) is 113 Å². The number of nitrogens with two attached hydrogens (primary N) is 1. The number of amides is 4. The molecule has 89 heavy (non-hydrogen) atoms. The molecule has 0 aliphatic carbocycles. The number of rotatable bonds is 30. The number of aliphatic carboxylic acids is 2. The maximum Gasteiger partial charge on any atom is 0.488 e. The van der Waals surface area contributed by atoms with Gasteiger partial charge in [-0.1, -0.05) is 111 Å². The Morgan fingerprint density at radius 3 is 1.28 bits per heavy atom. The Morgan fingerprint density at radius 2 is 0.944 bits per heavy atom. The van der Waals surface area contributed by atoms with Crippen LogP contribution in [0.2, 0.25) is 0 Å². The molecule has 16 N–H and O–H groups in total. The van der Waals surface area contributed by atoms with Crippen molar-refractivity contribution in [2.24, 2.45) is 27.4 Å². The number of carbonyl (C=O) groups excluding carboxylic acids is 4. The number of hydrogen-bond acceptors (Lipinski definition) is 20. The van der Waals surface area contributed by atoms with E-state index in [0.717, 1.165) is 5.56 Å². The van der Waals surface area contributed by atoms with E-state index in [1.165, 1.54) is 72.8 Å². The first-order chi connectivity index (χ1) is 40.8. The molecule has 492 valence electrons. The Balaban J connectivity index is 0.00000126. The molecule has 4 rings (SSSR count). The Kier molecular flexibility index (Phi) is 34.9. The zero-order valence-corrected chi connectivity index (χ0v) is 51.3. The van der Waals surface area contributed by atoms with E-state index in [0.29, 0.717) is 41.5 Å². The van der Waals surface area contributed by atoms with Crippen molar-refractivity contribution in [3.05, 3.63) is 128 Å². The third-order valence-electron chi connectivity index (χ3n) is 13.9. The summed E-state index contributed by atoms with van der Waals surface area (Å²) in [6.07, 6.45) is 0.646. The fraction of sp³-hybridized carbons (Fsp3) is 0.492. The fourth-order valence-electron chi connectivity index (χ4n) is 8.38. The molecule has 4 aromatic rings. The van der Waals surface area contributed by atoms with Gasteiger partial charge in [0.2, 0.25) is 23.6 Å². The van der Waals surface area contributed by atoms with Crippen LogP contribution in [0, 0.1) is 41.9 Å². The third kappa shape index (κ3) is 29.6. The van der Waals surface area contributed by atoms with Gasteiger partial charge in [0.1, 0.15) is 23.6 Å². The number of nitro benzene ring substituents is 2. The number of hydrogen-bond donors (Lipinski definition) is 15. The Bertz CT molecular complexity index is 2870. The van der Waals surface area contributed by atoms with E-state index in [1.807, 2.05) is 13.8 Å². The monoisotopic (exact) mass is 1250 g/mol. The minimum atomic E-state index is -1.60. The number of carboxylic acid groups (broad SMARTS) is 2. The summed E-state index contributed by atoms with van der Waals surface area (Å²) in [6, 6.07) is 21.2. The quantitative estimate of drug-likeness (QED) is 0.0154. The van der Waals surface area contributed by atoms with E-state index >= 15 is 0 Å². The smallest absolute Gasteiger partial charge is 0.488 e. The summed E-state index contributed by atoms with van der Waals surface area (Å²) in [7, 11) is -3.10. The van der Waals surface area contributed by atoms with Crippen LogP contribution in [0.3, 0.4) is 0 Å². The molecule has 30 heteroatoms. The normalized spacial score (nSPS) is 13.5. The number of nitrogens with one attached hydrogen (secondary N) is 5. The highest BCUT2D eigenvalue weighted by molar-refractivity contribution is 6.58. The van der Waals surface area contributed by atoms with Crippen molar-refractivity contribution in [1.29, 1.82) is 0 Å². The van der Waals surface area contributed by atoms with Crippen LogP contribution in [0.5, 0.6) is 11.5 Å². The molecule has 0 fully saturated rings. The number of benzene rings is 4. The molecule has 0 heterocycles. The number of non-ortho nitro benzene ring substituents is 2. The average molecular weight is 1250 g/mol. The summed E-state index contributed by atoms with van der Waals surface area (Å²) < 4.78 is 5.41. The summed E-state index contributed by atoms with van der Waals surface area (Å²) in [5.41, 5.74) is 4.04. The molecular weight excluding hydrogens is 1160 g/mol. The van der Waals surface area contributed by atoms with Gasteiger partial charge in [0, 0.05) is 59.0 Å².